The first kappa shape index (κ1) is 17.2. The van der Waals surface area contributed by atoms with Gasteiger partial charge in [0.1, 0.15) is 11.7 Å². The Bertz CT molecular complexity index is 463. The number of hydrogen-bond donors (Lipinski definition) is 0. The van der Waals surface area contributed by atoms with Crippen LogP contribution in [-0.4, -0.2) is 18.4 Å². The van der Waals surface area contributed by atoms with Gasteiger partial charge in [-0.1, -0.05) is 56.3 Å². The van der Waals surface area contributed by atoms with Gasteiger partial charge in [-0.05, 0) is 24.8 Å². The molecule has 1 rings (SSSR count). The molecule has 1 aromatic carbocycles. The van der Waals surface area contributed by atoms with Crippen LogP contribution in [0.5, 0.6) is 0 Å². The predicted molar refractivity (Wildman–Crippen MR) is 83.9 cm³/mol. The summed E-state index contributed by atoms with van der Waals surface area (Å²) in [7, 11) is 0. The number of carbonyl (C=O) groups is 2. The van der Waals surface area contributed by atoms with Crippen molar-refractivity contribution in [1.29, 1.82) is 0 Å². The van der Waals surface area contributed by atoms with Gasteiger partial charge in [0, 0.05) is 6.42 Å². The van der Waals surface area contributed by atoms with E-state index < -0.39 is 11.9 Å². The van der Waals surface area contributed by atoms with E-state index in [4.69, 9.17) is 4.74 Å². The first-order valence-corrected chi connectivity index (χ1v) is 7.57. The molecule has 1 atom stereocenters. The van der Waals surface area contributed by atoms with Gasteiger partial charge in [-0.3, -0.25) is 9.59 Å². The van der Waals surface area contributed by atoms with E-state index in [-0.39, 0.29) is 5.78 Å². The second kappa shape index (κ2) is 9.92. The molecule has 0 bridgehead atoms. The summed E-state index contributed by atoms with van der Waals surface area (Å²) in [4.78, 5) is 24.1. The van der Waals surface area contributed by atoms with Crippen LogP contribution in [-0.2, 0) is 20.7 Å². The van der Waals surface area contributed by atoms with Crippen LogP contribution in [0.25, 0.3) is 0 Å². The maximum Gasteiger partial charge on any atom is 0.316 e. The van der Waals surface area contributed by atoms with E-state index in [0.717, 1.165) is 12.0 Å². The minimum Gasteiger partial charge on any atom is -0.465 e. The number of allylic oxidation sites excluding steroid dienone is 1. The first-order valence-electron chi connectivity index (χ1n) is 7.57. The van der Waals surface area contributed by atoms with E-state index in [9.17, 15) is 9.59 Å². The Morgan fingerprint density at radius 1 is 1.14 bits per heavy atom. The molecule has 0 N–H and O–H groups in total. The van der Waals surface area contributed by atoms with Crippen molar-refractivity contribution < 1.29 is 14.3 Å². The van der Waals surface area contributed by atoms with E-state index >= 15 is 0 Å². The third kappa shape index (κ3) is 6.39. The fourth-order valence-electron chi connectivity index (χ4n) is 2.04. The van der Waals surface area contributed by atoms with E-state index in [0.29, 0.717) is 25.9 Å². The average molecular weight is 288 g/mol. The number of ketones is 1. The quantitative estimate of drug-likeness (QED) is 0.301. The summed E-state index contributed by atoms with van der Waals surface area (Å²) in [5.41, 5.74) is 0.979. The van der Waals surface area contributed by atoms with Gasteiger partial charge in [-0.15, -0.1) is 0 Å². The first-order chi connectivity index (χ1) is 10.2. The molecule has 0 aliphatic rings. The zero-order valence-corrected chi connectivity index (χ0v) is 12.9. The summed E-state index contributed by atoms with van der Waals surface area (Å²) in [6.07, 6.45) is 6.45. The van der Waals surface area contributed by atoms with Crippen molar-refractivity contribution in [2.45, 2.75) is 39.5 Å². The molecule has 0 heterocycles. The Balaban J connectivity index is 2.58. The Kier molecular flexibility index (Phi) is 8.10. The summed E-state index contributed by atoms with van der Waals surface area (Å²) in [5, 5.41) is 0. The Labute approximate surface area is 127 Å². The van der Waals surface area contributed by atoms with Crippen LogP contribution < -0.4 is 0 Å². The summed E-state index contributed by atoms with van der Waals surface area (Å²) in [6.45, 7) is 4.16. The Morgan fingerprint density at radius 2 is 1.86 bits per heavy atom. The number of benzene rings is 1. The summed E-state index contributed by atoms with van der Waals surface area (Å²) in [6, 6.07) is 9.58. The van der Waals surface area contributed by atoms with E-state index in [1.807, 2.05) is 42.5 Å². The zero-order chi connectivity index (χ0) is 15.5. The van der Waals surface area contributed by atoms with E-state index in [2.05, 4.69) is 6.92 Å². The van der Waals surface area contributed by atoms with Crippen LogP contribution in [0.15, 0.2) is 42.5 Å². The van der Waals surface area contributed by atoms with Gasteiger partial charge in [-0.2, -0.15) is 0 Å². The third-order valence-electron chi connectivity index (χ3n) is 3.24. The Hall–Kier alpha value is -1.90. The van der Waals surface area contributed by atoms with Crippen LogP contribution in [0, 0.1) is 5.92 Å². The fourth-order valence-corrected chi connectivity index (χ4v) is 2.04. The predicted octanol–water partition coefficient (Wildman–Crippen LogP) is 3.72. The summed E-state index contributed by atoms with van der Waals surface area (Å²) < 4.78 is 5.23. The maximum atomic E-state index is 12.1. The molecule has 0 spiro atoms. The van der Waals surface area contributed by atoms with Gasteiger partial charge in [-0.25, -0.2) is 0 Å². The molecule has 0 radical (unpaired) electrons. The topological polar surface area (TPSA) is 43.4 Å². The van der Waals surface area contributed by atoms with Crippen molar-refractivity contribution in [3.05, 3.63) is 48.0 Å². The molecule has 1 aromatic rings. The second-order valence-corrected chi connectivity index (χ2v) is 4.90. The fraction of sp³-hybridized carbons (Fsp3) is 0.444. The maximum absolute atomic E-state index is 12.1. The standard InChI is InChI=1S/C18H24O3/c1-3-5-6-10-13-21-18(20)16(17(19)4-2)14-15-11-8-7-9-12-15/h5-9,11-12,16H,3-4,10,13-14H2,1-2H3/b6-5-. The number of ether oxygens (including phenoxy) is 1. The molecule has 1 unspecified atom stereocenters. The highest BCUT2D eigenvalue weighted by Crippen LogP contribution is 2.13. The van der Waals surface area contributed by atoms with Crippen molar-refractivity contribution in [1.82, 2.24) is 0 Å². The lowest BCUT2D eigenvalue weighted by Crippen LogP contribution is -2.28. The largest absolute Gasteiger partial charge is 0.465 e. The number of carbonyl (C=O) groups excluding carboxylic acids is 2. The van der Waals surface area contributed by atoms with Gasteiger partial charge < -0.3 is 4.74 Å². The molecule has 0 aromatic heterocycles. The van der Waals surface area contributed by atoms with Crippen molar-refractivity contribution >= 4 is 11.8 Å². The highest BCUT2D eigenvalue weighted by Gasteiger charge is 2.26. The molecule has 0 fully saturated rings. The summed E-state index contributed by atoms with van der Waals surface area (Å²) in [5.74, 6) is -1.16. The highest BCUT2D eigenvalue weighted by atomic mass is 16.5. The normalized spacial score (nSPS) is 12.3. The molecule has 3 heteroatoms. The van der Waals surface area contributed by atoms with Crippen LogP contribution >= 0.6 is 0 Å². The van der Waals surface area contributed by atoms with Gasteiger partial charge in [0.05, 0.1) is 6.61 Å². The van der Waals surface area contributed by atoms with Crippen LogP contribution in [0.4, 0.5) is 0 Å². The molecule has 3 nitrogen and oxygen atoms in total. The molecule has 0 aliphatic heterocycles. The van der Waals surface area contributed by atoms with Crippen LogP contribution in [0.2, 0.25) is 0 Å². The second-order valence-electron chi connectivity index (χ2n) is 4.90. The summed E-state index contributed by atoms with van der Waals surface area (Å²) >= 11 is 0. The number of rotatable bonds is 9. The molecule has 0 saturated heterocycles. The minimum atomic E-state index is -0.687. The van der Waals surface area contributed by atoms with Gasteiger partial charge in [0.15, 0.2) is 0 Å². The molecule has 114 valence electrons. The van der Waals surface area contributed by atoms with Crippen molar-refractivity contribution in [2.24, 2.45) is 5.92 Å². The van der Waals surface area contributed by atoms with Crippen molar-refractivity contribution in [3.8, 4) is 0 Å². The molecule has 0 saturated carbocycles. The van der Waals surface area contributed by atoms with Crippen LogP contribution in [0.1, 0.15) is 38.7 Å². The number of Topliss-reactive ketones (excluding diaryl/α,β-unsaturated/α-hetero) is 1. The van der Waals surface area contributed by atoms with Crippen LogP contribution in [0.3, 0.4) is 0 Å². The zero-order valence-electron chi connectivity index (χ0n) is 12.9. The highest BCUT2D eigenvalue weighted by molar-refractivity contribution is 5.99. The third-order valence-corrected chi connectivity index (χ3v) is 3.24. The van der Waals surface area contributed by atoms with Gasteiger partial charge in [0.25, 0.3) is 0 Å². The molecule has 21 heavy (non-hydrogen) atoms. The monoisotopic (exact) mass is 288 g/mol. The lowest BCUT2D eigenvalue weighted by atomic mass is 9.94. The molecular weight excluding hydrogens is 264 g/mol. The van der Waals surface area contributed by atoms with Crippen molar-refractivity contribution in [3.63, 3.8) is 0 Å². The number of esters is 1. The van der Waals surface area contributed by atoms with E-state index in [1.54, 1.807) is 6.92 Å². The van der Waals surface area contributed by atoms with Gasteiger partial charge in [0.2, 0.25) is 0 Å². The lowest BCUT2D eigenvalue weighted by molar-refractivity contribution is -0.151. The molecule has 0 amide bonds. The number of hydrogen-bond acceptors (Lipinski definition) is 3. The lowest BCUT2D eigenvalue weighted by Gasteiger charge is -2.14. The van der Waals surface area contributed by atoms with E-state index in [1.165, 1.54) is 0 Å². The Morgan fingerprint density at radius 3 is 2.48 bits per heavy atom. The minimum absolute atomic E-state index is 0.0621. The van der Waals surface area contributed by atoms with Crippen molar-refractivity contribution in [2.75, 3.05) is 6.61 Å². The smallest absolute Gasteiger partial charge is 0.316 e. The molecular formula is C18H24O3. The van der Waals surface area contributed by atoms with Gasteiger partial charge >= 0.3 is 5.97 Å². The SMILES string of the molecule is CC/C=C\CCOC(=O)C(Cc1ccccc1)C(=O)CC. The average Bonchev–Trinajstić information content (AvgIpc) is 2.52. The molecule has 0 aliphatic carbocycles.